The summed E-state index contributed by atoms with van der Waals surface area (Å²) in [6.07, 6.45) is 1.17. The van der Waals surface area contributed by atoms with Gasteiger partial charge in [-0.2, -0.15) is 0 Å². The molecule has 1 aliphatic heterocycles. The number of benzene rings is 1. The summed E-state index contributed by atoms with van der Waals surface area (Å²) in [5, 5.41) is 0. The zero-order valence-corrected chi connectivity index (χ0v) is 17.4. The van der Waals surface area contributed by atoms with Gasteiger partial charge in [-0.05, 0) is 49.9 Å². The lowest BCUT2D eigenvalue weighted by molar-refractivity contribution is 0.00766. The molecule has 1 aliphatic rings. The molecule has 4 heteroatoms. The van der Waals surface area contributed by atoms with E-state index in [-0.39, 0.29) is 12.0 Å². The third-order valence-electron chi connectivity index (χ3n) is 5.21. The van der Waals surface area contributed by atoms with Gasteiger partial charge in [-0.25, -0.2) is 0 Å². The Kier molecular flexibility index (Phi) is 7.66. The van der Waals surface area contributed by atoms with Crippen LogP contribution in [0.4, 0.5) is 0 Å². The highest BCUT2D eigenvalue weighted by atomic mass is 16.5. The highest BCUT2D eigenvalue weighted by Crippen LogP contribution is 2.19. The van der Waals surface area contributed by atoms with Gasteiger partial charge >= 0.3 is 0 Å². The number of hydrogen-bond donors (Lipinski definition) is 0. The average Bonchev–Trinajstić information content (AvgIpc) is 2.61. The van der Waals surface area contributed by atoms with E-state index < -0.39 is 0 Å². The Hall–Kier alpha value is -1.39. The van der Waals surface area contributed by atoms with Crippen molar-refractivity contribution in [3.63, 3.8) is 0 Å². The van der Waals surface area contributed by atoms with Crippen molar-refractivity contribution < 1.29 is 9.53 Å². The van der Waals surface area contributed by atoms with Crippen LogP contribution in [0, 0.1) is 5.92 Å². The van der Waals surface area contributed by atoms with Crippen LogP contribution >= 0.6 is 0 Å². The Balaban J connectivity index is 1.96. The first-order valence-corrected chi connectivity index (χ1v) is 9.99. The Morgan fingerprint density at radius 2 is 1.77 bits per heavy atom. The monoisotopic (exact) mass is 360 g/mol. The van der Waals surface area contributed by atoms with Gasteiger partial charge in [-0.3, -0.25) is 9.69 Å². The van der Waals surface area contributed by atoms with Gasteiger partial charge in [0.15, 0.2) is 0 Å². The van der Waals surface area contributed by atoms with Gasteiger partial charge in [0.1, 0.15) is 0 Å². The zero-order chi connectivity index (χ0) is 19.3. The van der Waals surface area contributed by atoms with Crippen LogP contribution in [-0.4, -0.2) is 61.1 Å². The molecule has 2 unspecified atom stereocenters. The maximum absolute atomic E-state index is 12.9. The topological polar surface area (TPSA) is 32.8 Å². The molecule has 2 rings (SSSR count). The van der Waals surface area contributed by atoms with Gasteiger partial charge in [0, 0.05) is 37.8 Å². The molecule has 26 heavy (non-hydrogen) atoms. The summed E-state index contributed by atoms with van der Waals surface area (Å²) < 4.78 is 5.94. The molecule has 0 aliphatic carbocycles. The van der Waals surface area contributed by atoms with Crippen molar-refractivity contribution in [2.24, 2.45) is 5.92 Å². The van der Waals surface area contributed by atoms with Crippen molar-refractivity contribution in [2.45, 2.75) is 59.1 Å². The molecule has 0 N–H and O–H groups in total. The zero-order valence-electron chi connectivity index (χ0n) is 17.4. The predicted octanol–water partition coefficient (Wildman–Crippen LogP) is 4.02. The Bertz CT molecular complexity index is 568. The molecule has 146 valence electrons. The summed E-state index contributed by atoms with van der Waals surface area (Å²) in [6.45, 7) is 14.1. The van der Waals surface area contributed by atoms with Crippen molar-refractivity contribution in [2.75, 3.05) is 33.3 Å². The number of hydrogen-bond acceptors (Lipinski definition) is 3. The number of carbonyl (C=O) groups excluding carboxylic acids is 1. The maximum atomic E-state index is 12.9. The average molecular weight is 361 g/mol. The quantitative estimate of drug-likeness (QED) is 0.736. The van der Waals surface area contributed by atoms with Crippen molar-refractivity contribution in [3.8, 4) is 0 Å². The fourth-order valence-electron chi connectivity index (χ4n) is 3.39. The molecule has 1 aromatic rings. The normalized spacial score (nSPS) is 20.0. The van der Waals surface area contributed by atoms with E-state index in [2.05, 4.69) is 58.7 Å². The summed E-state index contributed by atoms with van der Waals surface area (Å²) in [5.74, 6) is 1.18. The predicted molar refractivity (Wildman–Crippen MR) is 108 cm³/mol. The lowest BCUT2D eigenvalue weighted by Gasteiger charge is -2.40. The van der Waals surface area contributed by atoms with Crippen LogP contribution in [-0.2, 0) is 4.74 Å². The maximum Gasteiger partial charge on any atom is 0.253 e. The standard InChI is InChI=1S/C22H36N2O2/c1-16(2)15-26-18(5)13-21-14-24(12-11-23(21)6)22(25)20-9-7-19(8-10-20)17(3)4/h7-10,16-18,21H,11-15H2,1-6H3. The molecular formula is C22H36N2O2. The molecule has 0 saturated carbocycles. The van der Waals surface area contributed by atoms with E-state index in [1.165, 1.54) is 5.56 Å². The fraction of sp³-hybridized carbons (Fsp3) is 0.682. The second-order valence-electron chi connectivity index (χ2n) is 8.44. The van der Waals surface area contributed by atoms with Crippen LogP contribution in [0.3, 0.4) is 0 Å². The molecule has 1 amide bonds. The molecule has 1 fully saturated rings. The van der Waals surface area contributed by atoms with E-state index in [1.54, 1.807) is 0 Å². The van der Waals surface area contributed by atoms with Gasteiger partial charge < -0.3 is 9.64 Å². The Labute approximate surface area is 159 Å². The number of piperazine rings is 1. The SMILES string of the molecule is CC(C)COC(C)CC1CN(C(=O)c2ccc(C(C)C)cc2)CCN1C. The van der Waals surface area contributed by atoms with Crippen LogP contribution in [0.15, 0.2) is 24.3 Å². The highest BCUT2D eigenvalue weighted by molar-refractivity contribution is 5.94. The Morgan fingerprint density at radius 1 is 1.12 bits per heavy atom. The summed E-state index contributed by atoms with van der Waals surface area (Å²) in [4.78, 5) is 17.3. The molecular weight excluding hydrogens is 324 g/mol. The second-order valence-corrected chi connectivity index (χ2v) is 8.44. The molecule has 1 aromatic carbocycles. The summed E-state index contributed by atoms with van der Waals surface area (Å²) >= 11 is 0. The van der Waals surface area contributed by atoms with Gasteiger partial charge in [0.25, 0.3) is 5.91 Å². The Morgan fingerprint density at radius 3 is 2.35 bits per heavy atom. The molecule has 4 nitrogen and oxygen atoms in total. The van der Waals surface area contributed by atoms with Crippen molar-refractivity contribution in [1.82, 2.24) is 9.80 Å². The van der Waals surface area contributed by atoms with Crippen molar-refractivity contribution in [3.05, 3.63) is 35.4 Å². The molecule has 0 bridgehead atoms. The lowest BCUT2D eigenvalue weighted by Crippen LogP contribution is -2.54. The number of amides is 1. The second kappa shape index (κ2) is 9.52. The molecule has 1 saturated heterocycles. The van der Waals surface area contributed by atoms with E-state index in [1.807, 2.05) is 17.0 Å². The van der Waals surface area contributed by atoms with E-state index in [0.717, 1.165) is 38.2 Å². The molecule has 1 heterocycles. The number of likely N-dealkylation sites (N-methyl/N-ethyl adjacent to an activating group) is 1. The number of nitrogens with zero attached hydrogens (tertiary/aromatic N) is 2. The van der Waals surface area contributed by atoms with Crippen LogP contribution in [0.2, 0.25) is 0 Å². The molecule has 0 aromatic heterocycles. The minimum atomic E-state index is 0.147. The minimum Gasteiger partial charge on any atom is -0.378 e. The van der Waals surface area contributed by atoms with Crippen LogP contribution in [0.5, 0.6) is 0 Å². The number of rotatable bonds is 7. The summed E-state index contributed by atoms with van der Waals surface area (Å²) in [7, 11) is 2.15. The van der Waals surface area contributed by atoms with E-state index in [0.29, 0.717) is 17.9 Å². The molecule has 0 radical (unpaired) electrons. The van der Waals surface area contributed by atoms with E-state index >= 15 is 0 Å². The third kappa shape index (κ3) is 5.82. The van der Waals surface area contributed by atoms with E-state index in [9.17, 15) is 4.79 Å². The van der Waals surface area contributed by atoms with Gasteiger partial charge in [-0.15, -0.1) is 0 Å². The van der Waals surface area contributed by atoms with Crippen LogP contribution in [0.1, 0.15) is 62.9 Å². The van der Waals surface area contributed by atoms with Gasteiger partial charge in [-0.1, -0.05) is 39.8 Å². The fourth-order valence-corrected chi connectivity index (χ4v) is 3.39. The van der Waals surface area contributed by atoms with Gasteiger partial charge in [0.05, 0.1) is 6.10 Å². The van der Waals surface area contributed by atoms with Crippen LogP contribution in [0.25, 0.3) is 0 Å². The summed E-state index contributed by atoms with van der Waals surface area (Å²) in [5.41, 5.74) is 2.07. The first-order valence-electron chi connectivity index (χ1n) is 9.99. The summed E-state index contributed by atoms with van der Waals surface area (Å²) in [6, 6.07) is 8.45. The van der Waals surface area contributed by atoms with Crippen LogP contribution < -0.4 is 0 Å². The minimum absolute atomic E-state index is 0.147. The first-order chi connectivity index (χ1) is 12.3. The smallest absolute Gasteiger partial charge is 0.253 e. The lowest BCUT2D eigenvalue weighted by atomic mass is 10.0. The van der Waals surface area contributed by atoms with Gasteiger partial charge in [0.2, 0.25) is 0 Å². The molecule has 0 spiro atoms. The van der Waals surface area contributed by atoms with Crippen molar-refractivity contribution in [1.29, 1.82) is 0 Å². The number of carbonyl (C=O) groups is 1. The highest BCUT2D eigenvalue weighted by Gasteiger charge is 2.29. The van der Waals surface area contributed by atoms with E-state index in [4.69, 9.17) is 4.74 Å². The number of ether oxygens (including phenoxy) is 1. The first kappa shape index (κ1) is 20.9. The molecule has 2 atom stereocenters. The largest absolute Gasteiger partial charge is 0.378 e. The third-order valence-corrected chi connectivity index (χ3v) is 5.21. The van der Waals surface area contributed by atoms with Crippen molar-refractivity contribution >= 4 is 5.91 Å².